The van der Waals surface area contributed by atoms with Crippen LogP contribution in [0.25, 0.3) is 10.4 Å². The first-order chi connectivity index (χ1) is 14.0. The minimum Gasteiger partial charge on any atom is -0.465 e. The first kappa shape index (κ1) is 21.1. The van der Waals surface area contributed by atoms with Crippen LogP contribution in [0.5, 0.6) is 0 Å². The standard InChI is InChI=1S/C23H26N2O3S/c1-15(2)25(22(26)18-7-5-4-6-8-18)19-13-20(29-21(19)23(27)28-3)17-11-9-16(14-24)10-12-17/h9-13,15,18H,4-8H2,1-3H3. The van der Waals surface area contributed by atoms with Gasteiger partial charge in [0.2, 0.25) is 5.91 Å². The maximum atomic E-state index is 13.4. The smallest absolute Gasteiger partial charge is 0.350 e. The van der Waals surface area contributed by atoms with Crippen LogP contribution in [0.1, 0.15) is 61.2 Å². The first-order valence-electron chi connectivity index (χ1n) is 10.0. The highest BCUT2D eigenvalue weighted by molar-refractivity contribution is 7.18. The molecule has 0 atom stereocenters. The highest BCUT2D eigenvalue weighted by Gasteiger charge is 2.32. The van der Waals surface area contributed by atoms with Gasteiger partial charge in [-0.15, -0.1) is 11.3 Å². The van der Waals surface area contributed by atoms with E-state index in [0.717, 1.165) is 36.1 Å². The van der Waals surface area contributed by atoms with E-state index in [0.29, 0.717) is 16.1 Å². The molecule has 1 aromatic heterocycles. The molecule has 0 bridgehead atoms. The number of anilines is 1. The molecule has 1 aliphatic carbocycles. The van der Waals surface area contributed by atoms with Crippen LogP contribution >= 0.6 is 11.3 Å². The fourth-order valence-corrected chi connectivity index (χ4v) is 4.92. The van der Waals surface area contributed by atoms with Gasteiger partial charge in [-0.3, -0.25) is 4.79 Å². The Morgan fingerprint density at radius 2 is 1.83 bits per heavy atom. The number of rotatable bonds is 5. The Morgan fingerprint density at radius 1 is 1.17 bits per heavy atom. The van der Waals surface area contributed by atoms with Crippen molar-refractivity contribution in [1.29, 1.82) is 5.26 Å². The van der Waals surface area contributed by atoms with E-state index in [4.69, 9.17) is 10.00 Å². The normalized spacial score (nSPS) is 14.4. The Bertz CT molecular complexity index is 919. The quantitative estimate of drug-likeness (QED) is 0.619. The lowest BCUT2D eigenvalue weighted by Crippen LogP contribution is -2.42. The van der Waals surface area contributed by atoms with Crippen molar-refractivity contribution < 1.29 is 14.3 Å². The van der Waals surface area contributed by atoms with Crippen LogP contribution in [-0.4, -0.2) is 25.0 Å². The van der Waals surface area contributed by atoms with Gasteiger partial charge in [-0.1, -0.05) is 31.4 Å². The lowest BCUT2D eigenvalue weighted by atomic mass is 9.88. The molecule has 0 spiro atoms. The number of amides is 1. The largest absolute Gasteiger partial charge is 0.465 e. The summed E-state index contributed by atoms with van der Waals surface area (Å²) in [5.41, 5.74) is 2.10. The van der Waals surface area contributed by atoms with Gasteiger partial charge in [-0.2, -0.15) is 5.26 Å². The molecule has 29 heavy (non-hydrogen) atoms. The van der Waals surface area contributed by atoms with Gasteiger partial charge in [0.25, 0.3) is 0 Å². The van der Waals surface area contributed by atoms with Gasteiger partial charge in [0, 0.05) is 16.8 Å². The molecule has 0 aliphatic heterocycles. The fourth-order valence-electron chi connectivity index (χ4n) is 3.85. The number of thiophene rings is 1. The second kappa shape index (κ2) is 9.23. The second-order valence-corrected chi connectivity index (χ2v) is 8.69. The summed E-state index contributed by atoms with van der Waals surface area (Å²) in [6.45, 7) is 3.95. The van der Waals surface area contributed by atoms with E-state index in [9.17, 15) is 9.59 Å². The molecular weight excluding hydrogens is 384 g/mol. The van der Waals surface area contributed by atoms with E-state index < -0.39 is 5.97 Å². The van der Waals surface area contributed by atoms with Crippen LogP contribution in [0.4, 0.5) is 5.69 Å². The number of hydrogen-bond donors (Lipinski definition) is 0. The van der Waals surface area contributed by atoms with Gasteiger partial charge >= 0.3 is 5.97 Å². The molecule has 6 heteroatoms. The monoisotopic (exact) mass is 410 g/mol. The third kappa shape index (κ3) is 4.51. The lowest BCUT2D eigenvalue weighted by molar-refractivity contribution is -0.123. The summed E-state index contributed by atoms with van der Waals surface area (Å²) in [4.78, 5) is 29.0. The van der Waals surface area contributed by atoms with E-state index in [1.807, 2.05) is 32.0 Å². The molecule has 0 unspecified atom stereocenters. The number of nitriles is 1. The van der Waals surface area contributed by atoms with Crippen molar-refractivity contribution in [3.8, 4) is 16.5 Å². The van der Waals surface area contributed by atoms with Crippen LogP contribution in [-0.2, 0) is 9.53 Å². The minimum absolute atomic E-state index is 0.00917. The van der Waals surface area contributed by atoms with E-state index in [-0.39, 0.29) is 17.9 Å². The molecule has 2 aromatic rings. The molecule has 1 saturated carbocycles. The summed E-state index contributed by atoms with van der Waals surface area (Å²) in [6, 6.07) is 11.2. The number of carbonyl (C=O) groups is 2. The zero-order chi connectivity index (χ0) is 21.0. The van der Waals surface area contributed by atoms with Crippen molar-refractivity contribution in [3.63, 3.8) is 0 Å². The van der Waals surface area contributed by atoms with Crippen molar-refractivity contribution in [1.82, 2.24) is 0 Å². The summed E-state index contributed by atoms with van der Waals surface area (Å²) in [5.74, 6) is -0.337. The Balaban J connectivity index is 2.04. The van der Waals surface area contributed by atoms with E-state index in [1.165, 1.54) is 24.9 Å². The maximum Gasteiger partial charge on any atom is 0.350 e. The van der Waals surface area contributed by atoms with Gasteiger partial charge in [0.15, 0.2) is 0 Å². The Labute approximate surface area is 175 Å². The van der Waals surface area contributed by atoms with Crippen LogP contribution in [0.15, 0.2) is 30.3 Å². The lowest BCUT2D eigenvalue weighted by Gasteiger charge is -2.32. The van der Waals surface area contributed by atoms with Crippen molar-refractivity contribution in [2.24, 2.45) is 5.92 Å². The molecule has 5 nitrogen and oxygen atoms in total. The van der Waals surface area contributed by atoms with Crippen LogP contribution in [0.2, 0.25) is 0 Å². The third-order valence-electron chi connectivity index (χ3n) is 5.35. The summed E-state index contributed by atoms with van der Waals surface area (Å²) in [7, 11) is 1.36. The predicted molar refractivity (Wildman–Crippen MR) is 115 cm³/mol. The number of hydrogen-bond acceptors (Lipinski definition) is 5. The minimum atomic E-state index is -0.438. The molecule has 152 valence electrons. The average molecular weight is 411 g/mol. The van der Waals surface area contributed by atoms with Gasteiger partial charge in [0.05, 0.1) is 24.4 Å². The molecule has 1 aliphatic rings. The van der Waals surface area contributed by atoms with E-state index >= 15 is 0 Å². The Morgan fingerprint density at radius 3 is 2.38 bits per heavy atom. The van der Waals surface area contributed by atoms with Crippen molar-refractivity contribution in [2.75, 3.05) is 12.0 Å². The summed E-state index contributed by atoms with van der Waals surface area (Å²) < 4.78 is 5.01. The van der Waals surface area contributed by atoms with Crippen LogP contribution in [0.3, 0.4) is 0 Å². The summed E-state index contributed by atoms with van der Waals surface area (Å²) in [6.07, 6.45) is 5.14. The number of carbonyl (C=O) groups excluding carboxylic acids is 2. The number of methoxy groups -OCH3 is 1. The SMILES string of the molecule is COC(=O)c1sc(-c2ccc(C#N)cc2)cc1N(C(=O)C1CCCCC1)C(C)C. The van der Waals surface area contributed by atoms with Gasteiger partial charge < -0.3 is 9.64 Å². The number of esters is 1. The molecule has 1 heterocycles. The fraction of sp³-hybridized carbons (Fsp3) is 0.435. The average Bonchev–Trinajstić information content (AvgIpc) is 3.18. The van der Waals surface area contributed by atoms with Crippen LogP contribution in [0, 0.1) is 17.2 Å². The molecule has 1 aromatic carbocycles. The molecule has 0 radical (unpaired) electrons. The zero-order valence-electron chi connectivity index (χ0n) is 17.1. The highest BCUT2D eigenvalue weighted by Crippen LogP contribution is 2.39. The maximum absolute atomic E-state index is 13.4. The van der Waals surface area contributed by atoms with Gasteiger partial charge in [-0.25, -0.2) is 4.79 Å². The summed E-state index contributed by atoms with van der Waals surface area (Å²) >= 11 is 1.32. The first-order valence-corrected chi connectivity index (χ1v) is 10.8. The molecule has 0 N–H and O–H groups in total. The highest BCUT2D eigenvalue weighted by atomic mass is 32.1. The molecule has 1 amide bonds. The number of nitrogens with zero attached hydrogens (tertiary/aromatic N) is 2. The Hall–Kier alpha value is -2.65. The topological polar surface area (TPSA) is 70.4 Å². The van der Waals surface area contributed by atoms with Crippen molar-refractivity contribution in [3.05, 3.63) is 40.8 Å². The number of ether oxygens (including phenoxy) is 1. The second-order valence-electron chi connectivity index (χ2n) is 7.64. The molecule has 3 rings (SSSR count). The summed E-state index contributed by atoms with van der Waals surface area (Å²) in [5, 5.41) is 9.02. The number of benzene rings is 1. The van der Waals surface area contributed by atoms with E-state index in [2.05, 4.69) is 6.07 Å². The third-order valence-corrected chi connectivity index (χ3v) is 6.50. The molecule has 1 fully saturated rings. The van der Waals surface area contributed by atoms with E-state index in [1.54, 1.807) is 17.0 Å². The van der Waals surface area contributed by atoms with Crippen LogP contribution < -0.4 is 4.90 Å². The van der Waals surface area contributed by atoms with Crippen molar-refractivity contribution in [2.45, 2.75) is 52.0 Å². The zero-order valence-corrected chi connectivity index (χ0v) is 17.9. The molecular formula is C23H26N2O3S. The van der Waals surface area contributed by atoms with Gasteiger partial charge in [0.1, 0.15) is 4.88 Å². The Kier molecular flexibility index (Phi) is 6.71. The van der Waals surface area contributed by atoms with Crippen molar-refractivity contribution >= 4 is 28.9 Å². The van der Waals surface area contributed by atoms with Gasteiger partial charge in [-0.05, 0) is 50.5 Å². The predicted octanol–water partition coefficient (Wildman–Crippen LogP) is 5.40. The molecule has 0 saturated heterocycles.